The predicted molar refractivity (Wildman–Crippen MR) is 113 cm³/mol. The summed E-state index contributed by atoms with van der Waals surface area (Å²) in [6.45, 7) is 1.50. The topological polar surface area (TPSA) is 54.5 Å². The molecule has 1 N–H and O–H groups in total. The minimum atomic E-state index is -0.287. The van der Waals surface area contributed by atoms with Crippen molar-refractivity contribution >= 4 is 29.2 Å². The van der Waals surface area contributed by atoms with Crippen LogP contribution in [0.25, 0.3) is 0 Å². The summed E-state index contributed by atoms with van der Waals surface area (Å²) in [5, 5.41) is 2.91. The molecule has 0 saturated heterocycles. The van der Waals surface area contributed by atoms with Gasteiger partial charge in [-0.05, 0) is 54.3 Å². The molecule has 0 bridgehead atoms. The average molecular weight is 409 g/mol. The molecule has 4 rings (SSSR count). The molecule has 2 heterocycles. The summed E-state index contributed by atoms with van der Waals surface area (Å²) in [4.78, 5) is 20.1. The van der Waals surface area contributed by atoms with Gasteiger partial charge < -0.3 is 15.0 Å². The van der Waals surface area contributed by atoms with Gasteiger partial charge in [-0.3, -0.25) is 4.79 Å². The first-order valence-electron chi connectivity index (χ1n) is 9.21. The van der Waals surface area contributed by atoms with E-state index in [1.54, 1.807) is 30.0 Å². The molecule has 7 heteroatoms. The highest BCUT2D eigenvalue weighted by Crippen LogP contribution is 2.35. The molecule has 2 aromatic carbocycles. The number of pyridine rings is 1. The van der Waals surface area contributed by atoms with Gasteiger partial charge in [-0.1, -0.05) is 12.1 Å². The molecular formula is C22H20FN3O2S. The van der Waals surface area contributed by atoms with Gasteiger partial charge in [0.25, 0.3) is 5.91 Å². The Morgan fingerprint density at radius 1 is 1.21 bits per heavy atom. The second kappa shape index (κ2) is 8.53. The molecule has 0 spiro atoms. The number of nitrogens with zero attached hydrogens (tertiary/aromatic N) is 2. The number of amides is 1. The molecule has 0 fully saturated rings. The molecule has 0 unspecified atom stereocenters. The van der Waals surface area contributed by atoms with E-state index in [9.17, 15) is 9.18 Å². The number of carbonyl (C=O) groups is 1. The zero-order chi connectivity index (χ0) is 20.2. The van der Waals surface area contributed by atoms with E-state index in [2.05, 4.69) is 10.3 Å². The Balaban J connectivity index is 1.48. The molecule has 29 heavy (non-hydrogen) atoms. The van der Waals surface area contributed by atoms with Crippen molar-refractivity contribution in [2.24, 2.45) is 0 Å². The quantitative estimate of drug-likeness (QED) is 0.633. The van der Waals surface area contributed by atoms with Gasteiger partial charge in [0.2, 0.25) is 0 Å². The molecule has 1 aromatic heterocycles. The highest BCUT2D eigenvalue weighted by atomic mass is 32.2. The third-order valence-corrected chi connectivity index (χ3v) is 5.42. The lowest BCUT2D eigenvalue weighted by atomic mass is 10.2. The van der Waals surface area contributed by atoms with E-state index in [1.807, 2.05) is 35.4 Å². The summed E-state index contributed by atoms with van der Waals surface area (Å²) in [6.07, 6.45) is 3.56. The van der Waals surface area contributed by atoms with Crippen LogP contribution in [-0.2, 0) is 6.54 Å². The number of fused-ring (bicyclic) bond motifs is 1. The van der Waals surface area contributed by atoms with Crippen LogP contribution in [0.3, 0.4) is 0 Å². The second-order valence-electron chi connectivity index (χ2n) is 6.55. The van der Waals surface area contributed by atoms with Crippen LogP contribution in [0, 0.1) is 5.82 Å². The summed E-state index contributed by atoms with van der Waals surface area (Å²) in [7, 11) is 0. The van der Waals surface area contributed by atoms with Gasteiger partial charge in [-0.25, -0.2) is 9.37 Å². The van der Waals surface area contributed by atoms with E-state index in [-0.39, 0.29) is 11.7 Å². The first-order valence-corrected chi connectivity index (χ1v) is 10.4. The standard InChI is InChI=1S/C22H20FN3O2S/c1-29-19-8-2-15(3-9-19)13-25-22(27)16-12-20-21(24-14-16)26(10-11-28-20)18-6-4-17(23)5-7-18/h2-9,12,14H,10-11,13H2,1H3,(H,25,27). The lowest BCUT2D eigenvalue weighted by molar-refractivity contribution is 0.0950. The summed E-state index contributed by atoms with van der Waals surface area (Å²) >= 11 is 1.68. The van der Waals surface area contributed by atoms with Crippen molar-refractivity contribution in [1.29, 1.82) is 0 Å². The number of halogens is 1. The van der Waals surface area contributed by atoms with Gasteiger partial charge in [-0.15, -0.1) is 11.8 Å². The van der Waals surface area contributed by atoms with Crippen molar-refractivity contribution in [3.63, 3.8) is 0 Å². The number of benzene rings is 2. The molecule has 1 amide bonds. The molecule has 0 aliphatic carbocycles. The first kappa shape index (κ1) is 19.3. The Labute approximate surface area is 172 Å². The highest BCUT2D eigenvalue weighted by Gasteiger charge is 2.22. The van der Waals surface area contributed by atoms with Gasteiger partial charge in [0.15, 0.2) is 11.6 Å². The Morgan fingerprint density at radius 3 is 2.69 bits per heavy atom. The average Bonchev–Trinajstić information content (AvgIpc) is 2.77. The van der Waals surface area contributed by atoms with E-state index in [0.717, 1.165) is 11.3 Å². The van der Waals surface area contributed by atoms with Crippen LogP contribution in [-0.4, -0.2) is 30.3 Å². The molecular weight excluding hydrogens is 389 g/mol. The Kier molecular flexibility index (Phi) is 5.67. The van der Waals surface area contributed by atoms with Crippen LogP contribution in [0.1, 0.15) is 15.9 Å². The van der Waals surface area contributed by atoms with Gasteiger partial charge >= 0.3 is 0 Å². The van der Waals surface area contributed by atoms with Crippen LogP contribution in [0.2, 0.25) is 0 Å². The number of aromatic nitrogens is 1. The molecule has 0 radical (unpaired) electrons. The smallest absolute Gasteiger partial charge is 0.253 e. The number of hydrogen-bond acceptors (Lipinski definition) is 5. The van der Waals surface area contributed by atoms with Crippen LogP contribution in [0.15, 0.2) is 65.7 Å². The minimum Gasteiger partial charge on any atom is -0.488 e. The molecule has 1 aliphatic heterocycles. The first-order chi connectivity index (χ1) is 14.1. The Morgan fingerprint density at radius 2 is 1.97 bits per heavy atom. The summed E-state index contributed by atoms with van der Waals surface area (Å²) in [6, 6.07) is 16.0. The van der Waals surface area contributed by atoms with Crippen LogP contribution < -0.4 is 15.0 Å². The third-order valence-electron chi connectivity index (χ3n) is 4.67. The summed E-state index contributed by atoms with van der Waals surface area (Å²) in [5.41, 5.74) is 2.29. The zero-order valence-corrected chi connectivity index (χ0v) is 16.7. The molecule has 1 aliphatic rings. The van der Waals surface area contributed by atoms with Crippen molar-refractivity contribution in [3.8, 4) is 5.75 Å². The van der Waals surface area contributed by atoms with Gasteiger partial charge in [0.05, 0.1) is 12.1 Å². The molecule has 148 valence electrons. The fourth-order valence-electron chi connectivity index (χ4n) is 3.12. The Hall–Kier alpha value is -3.06. The van der Waals surface area contributed by atoms with E-state index in [1.165, 1.54) is 23.2 Å². The monoisotopic (exact) mass is 409 g/mol. The number of anilines is 2. The molecule has 0 saturated carbocycles. The SMILES string of the molecule is CSc1ccc(CNC(=O)c2cnc3c(c2)OCCN3c2ccc(F)cc2)cc1. The maximum absolute atomic E-state index is 13.2. The van der Waals surface area contributed by atoms with Crippen LogP contribution >= 0.6 is 11.8 Å². The lowest BCUT2D eigenvalue weighted by Crippen LogP contribution is -2.30. The number of carbonyl (C=O) groups excluding carboxylic acids is 1. The predicted octanol–water partition coefficient (Wildman–Crippen LogP) is 4.40. The largest absolute Gasteiger partial charge is 0.488 e. The van der Waals surface area contributed by atoms with Crippen molar-refractivity contribution in [2.45, 2.75) is 11.4 Å². The lowest BCUT2D eigenvalue weighted by Gasteiger charge is -2.30. The number of rotatable bonds is 5. The van der Waals surface area contributed by atoms with E-state index >= 15 is 0 Å². The second-order valence-corrected chi connectivity index (χ2v) is 7.43. The maximum atomic E-state index is 13.2. The van der Waals surface area contributed by atoms with Crippen LogP contribution in [0.4, 0.5) is 15.9 Å². The number of nitrogens with one attached hydrogen (secondary N) is 1. The van der Waals surface area contributed by atoms with Crippen molar-refractivity contribution in [2.75, 3.05) is 24.3 Å². The fourth-order valence-corrected chi connectivity index (χ4v) is 3.53. The third kappa shape index (κ3) is 4.35. The van der Waals surface area contributed by atoms with Gasteiger partial charge in [0.1, 0.15) is 12.4 Å². The maximum Gasteiger partial charge on any atom is 0.253 e. The fraction of sp³-hybridized carbons (Fsp3) is 0.182. The summed E-state index contributed by atoms with van der Waals surface area (Å²) < 4.78 is 18.9. The van der Waals surface area contributed by atoms with Gasteiger partial charge in [0, 0.05) is 23.3 Å². The minimum absolute atomic E-state index is 0.211. The molecule has 0 atom stereocenters. The van der Waals surface area contributed by atoms with Crippen molar-refractivity contribution in [3.05, 3.63) is 77.7 Å². The van der Waals surface area contributed by atoms with E-state index in [0.29, 0.717) is 36.8 Å². The Bertz CT molecular complexity index is 1010. The number of ether oxygens (including phenoxy) is 1. The highest BCUT2D eigenvalue weighted by molar-refractivity contribution is 7.98. The van der Waals surface area contributed by atoms with E-state index < -0.39 is 0 Å². The molecule has 3 aromatic rings. The van der Waals surface area contributed by atoms with Crippen molar-refractivity contribution < 1.29 is 13.9 Å². The number of hydrogen-bond donors (Lipinski definition) is 1. The summed E-state index contributed by atoms with van der Waals surface area (Å²) in [5.74, 6) is 0.659. The zero-order valence-electron chi connectivity index (χ0n) is 15.9. The molecule has 5 nitrogen and oxygen atoms in total. The van der Waals surface area contributed by atoms with Gasteiger partial charge in [-0.2, -0.15) is 0 Å². The van der Waals surface area contributed by atoms with E-state index in [4.69, 9.17) is 4.74 Å². The van der Waals surface area contributed by atoms with Crippen LogP contribution in [0.5, 0.6) is 5.75 Å². The number of thioether (sulfide) groups is 1. The van der Waals surface area contributed by atoms with Crippen molar-refractivity contribution in [1.82, 2.24) is 10.3 Å². The normalized spacial score (nSPS) is 12.8.